The van der Waals surface area contributed by atoms with E-state index in [2.05, 4.69) is 29.0 Å². The molecule has 4 heteroatoms. The van der Waals surface area contributed by atoms with Gasteiger partial charge in [-0.05, 0) is 38.8 Å². The molecule has 1 N–H and O–H groups in total. The molecular formula is C13H25N3O. The van der Waals surface area contributed by atoms with Gasteiger partial charge in [0.15, 0.2) is 0 Å². The zero-order chi connectivity index (χ0) is 12.3. The highest BCUT2D eigenvalue weighted by Crippen LogP contribution is 2.22. The van der Waals surface area contributed by atoms with Crippen molar-refractivity contribution in [3.8, 4) is 0 Å². The van der Waals surface area contributed by atoms with Crippen molar-refractivity contribution < 1.29 is 4.79 Å². The Labute approximate surface area is 104 Å². The van der Waals surface area contributed by atoms with Gasteiger partial charge in [0.05, 0.1) is 6.54 Å². The molecule has 0 aromatic heterocycles. The largest absolute Gasteiger partial charge is 0.339 e. The predicted molar refractivity (Wildman–Crippen MR) is 68.9 cm³/mol. The summed E-state index contributed by atoms with van der Waals surface area (Å²) in [7, 11) is 0. The Balaban J connectivity index is 1.83. The second-order valence-corrected chi connectivity index (χ2v) is 5.62. The number of nitrogens with zero attached hydrogens (tertiary/aromatic N) is 2. The first-order chi connectivity index (χ1) is 8.16. The Morgan fingerprint density at radius 2 is 2.12 bits per heavy atom. The van der Waals surface area contributed by atoms with E-state index in [1.165, 1.54) is 0 Å². The highest BCUT2D eigenvalue weighted by Gasteiger charge is 2.30. The number of amides is 1. The number of nitrogens with one attached hydrogen (secondary N) is 1. The van der Waals surface area contributed by atoms with E-state index in [4.69, 9.17) is 0 Å². The molecule has 0 radical (unpaired) electrons. The lowest BCUT2D eigenvalue weighted by molar-refractivity contribution is -0.133. The maximum atomic E-state index is 12.2. The van der Waals surface area contributed by atoms with Gasteiger partial charge >= 0.3 is 0 Å². The number of likely N-dealkylation sites (tertiary alicyclic amines) is 1. The van der Waals surface area contributed by atoms with Crippen LogP contribution in [0.4, 0.5) is 0 Å². The molecule has 0 spiro atoms. The van der Waals surface area contributed by atoms with Crippen LogP contribution in [-0.4, -0.2) is 61.0 Å². The minimum absolute atomic E-state index is 0.323. The van der Waals surface area contributed by atoms with Crippen molar-refractivity contribution >= 4 is 5.91 Å². The third kappa shape index (κ3) is 3.42. The molecule has 0 saturated carbocycles. The minimum Gasteiger partial charge on any atom is -0.339 e. The number of hydrogen-bond donors (Lipinski definition) is 1. The fourth-order valence-electron chi connectivity index (χ4n) is 2.99. The fraction of sp³-hybridized carbons (Fsp3) is 0.923. The Bertz CT molecular complexity index is 261. The molecule has 2 saturated heterocycles. The molecule has 0 aromatic rings. The van der Waals surface area contributed by atoms with E-state index in [9.17, 15) is 4.79 Å². The molecular weight excluding hydrogens is 214 g/mol. The normalized spacial score (nSPS) is 31.5. The average Bonchev–Trinajstić information content (AvgIpc) is 2.51. The molecule has 4 nitrogen and oxygen atoms in total. The predicted octanol–water partition coefficient (Wildman–Crippen LogP) is 0.539. The average molecular weight is 239 g/mol. The highest BCUT2D eigenvalue weighted by atomic mass is 16.2. The van der Waals surface area contributed by atoms with Crippen LogP contribution in [0.25, 0.3) is 0 Å². The Morgan fingerprint density at radius 1 is 1.29 bits per heavy atom. The minimum atomic E-state index is 0.323. The number of carbonyl (C=O) groups excluding carboxylic acids is 1. The summed E-state index contributed by atoms with van der Waals surface area (Å²) < 4.78 is 0. The van der Waals surface area contributed by atoms with Gasteiger partial charge in [0.25, 0.3) is 0 Å². The molecule has 98 valence electrons. The van der Waals surface area contributed by atoms with Crippen LogP contribution in [0.1, 0.15) is 26.7 Å². The summed E-state index contributed by atoms with van der Waals surface area (Å²) in [4.78, 5) is 16.6. The summed E-state index contributed by atoms with van der Waals surface area (Å²) in [6.45, 7) is 10.1. The second-order valence-electron chi connectivity index (χ2n) is 5.62. The smallest absolute Gasteiger partial charge is 0.236 e. The number of carbonyl (C=O) groups is 1. The van der Waals surface area contributed by atoms with Crippen LogP contribution in [0, 0.1) is 5.92 Å². The lowest BCUT2D eigenvalue weighted by Crippen LogP contribution is -2.43. The van der Waals surface area contributed by atoms with Gasteiger partial charge in [-0.1, -0.05) is 6.92 Å². The van der Waals surface area contributed by atoms with Crippen molar-refractivity contribution in [3.63, 3.8) is 0 Å². The molecule has 2 rings (SSSR count). The summed E-state index contributed by atoms with van der Waals surface area (Å²) in [6.07, 6.45) is 2.31. The summed E-state index contributed by atoms with van der Waals surface area (Å²) in [5.41, 5.74) is 0. The second kappa shape index (κ2) is 5.83. The van der Waals surface area contributed by atoms with Gasteiger partial charge < -0.3 is 10.2 Å². The SMILES string of the molecule is CC1CC(C)N(C(=O)CN2CCCNCC2)C1. The maximum Gasteiger partial charge on any atom is 0.236 e. The van der Waals surface area contributed by atoms with Crippen LogP contribution in [-0.2, 0) is 4.79 Å². The Morgan fingerprint density at radius 3 is 2.82 bits per heavy atom. The monoisotopic (exact) mass is 239 g/mol. The number of hydrogen-bond acceptors (Lipinski definition) is 3. The molecule has 1 amide bonds. The topological polar surface area (TPSA) is 35.6 Å². The van der Waals surface area contributed by atoms with E-state index in [-0.39, 0.29) is 0 Å². The van der Waals surface area contributed by atoms with Crippen LogP contribution < -0.4 is 5.32 Å². The first kappa shape index (κ1) is 12.8. The van der Waals surface area contributed by atoms with E-state index in [1.807, 2.05) is 0 Å². The van der Waals surface area contributed by atoms with Gasteiger partial charge in [0, 0.05) is 25.7 Å². The molecule has 2 atom stereocenters. The van der Waals surface area contributed by atoms with Crippen molar-refractivity contribution in [2.75, 3.05) is 39.3 Å². The van der Waals surface area contributed by atoms with E-state index in [0.29, 0.717) is 24.4 Å². The Hall–Kier alpha value is -0.610. The summed E-state index contributed by atoms with van der Waals surface area (Å²) >= 11 is 0. The van der Waals surface area contributed by atoms with Crippen molar-refractivity contribution in [1.29, 1.82) is 0 Å². The zero-order valence-corrected chi connectivity index (χ0v) is 11.1. The Kier molecular flexibility index (Phi) is 4.40. The van der Waals surface area contributed by atoms with Crippen molar-refractivity contribution in [3.05, 3.63) is 0 Å². The van der Waals surface area contributed by atoms with Crippen molar-refractivity contribution in [1.82, 2.24) is 15.1 Å². The van der Waals surface area contributed by atoms with Gasteiger partial charge in [-0.15, -0.1) is 0 Å². The molecule has 2 aliphatic rings. The zero-order valence-electron chi connectivity index (χ0n) is 11.1. The summed E-state index contributed by atoms with van der Waals surface area (Å²) in [6, 6.07) is 0.433. The maximum absolute atomic E-state index is 12.2. The van der Waals surface area contributed by atoms with E-state index in [1.54, 1.807) is 0 Å². The van der Waals surface area contributed by atoms with Gasteiger partial charge in [0.1, 0.15) is 0 Å². The van der Waals surface area contributed by atoms with Crippen LogP contribution in [0.15, 0.2) is 0 Å². The molecule has 2 fully saturated rings. The molecule has 2 heterocycles. The van der Waals surface area contributed by atoms with Crippen LogP contribution in [0.2, 0.25) is 0 Å². The highest BCUT2D eigenvalue weighted by molar-refractivity contribution is 5.78. The van der Waals surface area contributed by atoms with E-state index >= 15 is 0 Å². The molecule has 2 unspecified atom stereocenters. The quantitative estimate of drug-likeness (QED) is 0.764. The first-order valence-corrected chi connectivity index (χ1v) is 6.89. The van der Waals surface area contributed by atoms with Crippen LogP contribution in [0.3, 0.4) is 0 Å². The van der Waals surface area contributed by atoms with E-state index in [0.717, 1.165) is 45.6 Å². The number of rotatable bonds is 2. The van der Waals surface area contributed by atoms with Gasteiger partial charge in [-0.25, -0.2) is 0 Å². The molecule has 0 aliphatic carbocycles. The van der Waals surface area contributed by atoms with Gasteiger partial charge in [-0.3, -0.25) is 9.69 Å². The van der Waals surface area contributed by atoms with Crippen molar-refractivity contribution in [2.45, 2.75) is 32.7 Å². The third-order valence-electron chi connectivity index (χ3n) is 3.90. The summed E-state index contributed by atoms with van der Waals surface area (Å²) in [5.74, 6) is 0.989. The lowest BCUT2D eigenvalue weighted by Gasteiger charge is -2.26. The third-order valence-corrected chi connectivity index (χ3v) is 3.90. The molecule has 17 heavy (non-hydrogen) atoms. The lowest BCUT2D eigenvalue weighted by atomic mass is 10.1. The van der Waals surface area contributed by atoms with Gasteiger partial charge in [0.2, 0.25) is 5.91 Å². The fourth-order valence-corrected chi connectivity index (χ4v) is 2.99. The van der Waals surface area contributed by atoms with E-state index < -0.39 is 0 Å². The summed E-state index contributed by atoms with van der Waals surface area (Å²) in [5, 5.41) is 3.37. The van der Waals surface area contributed by atoms with Crippen LogP contribution in [0.5, 0.6) is 0 Å². The van der Waals surface area contributed by atoms with Crippen molar-refractivity contribution in [2.24, 2.45) is 5.92 Å². The standard InChI is InChI=1S/C13H25N3O/c1-11-8-12(2)16(9-11)13(17)10-15-6-3-4-14-5-7-15/h11-12,14H,3-10H2,1-2H3. The first-order valence-electron chi connectivity index (χ1n) is 6.89. The molecule has 0 aromatic carbocycles. The molecule has 0 bridgehead atoms. The van der Waals surface area contributed by atoms with Crippen LogP contribution >= 0.6 is 0 Å². The molecule has 2 aliphatic heterocycles. The van der Waals surface area contributed by atoms with Gasteiger partial charge in [-0.2, -0.15) is 0 Å².